The summed E-state index contributed by atoms with van der Waals surface area (Å²) in [6, 6.07) is 5.99. The summed E-state index contributed by atoms with van der Waals surface area (Å²) in [5.41, 5.74) is 14.4. The Morgan fingerprint density at radius 2 is 2.32 bits per heavy atom. The molecule has 1 aromatic rings. The number of carbonyl (C=O) groups is 1. The van der Waals surface area contributed by atoms with Crippen molar-refractivity contribution in [2.75, 3.05) is 20.3 Å². The SMILES string of the molecule is CN1C=C(C(=O)NCc2ccc3c(c2)CCO3)C=CC1C(N)NCN. The molecule has 2 aliphatic heterocycles. The molecule has 0 aromatic heterocycles. The van der Waals surface area contributed by atoms with E-state index >= 15 is 0 Å². The third kappa shape index (κ3) is 4.01. The van der Waals surface area contributed by atoms with E-state index < -0.39 is 0 Å². The van der Waals surface area contributed by atoms with Crippen LogP contribution in [0.1, 0.15) is 11.1 Å². The maximum Gasteiger partial charge on any atom is 0.253 e. The van der Waals surface area contributed by atoms with E-state index in [-0.39, 0.29) is 18.1 Å². The van der Waals surface area contributed by atoms with Gasteiger partial charge in [-0.25, -0.2) is 0 Å². The van der Waals surface area contributed by atoms with Crippen molar-refractivity contribution in [3.05, 3.63) is 53.3 Å². The highest BCUT2D eigenvalue weighted by Gasteiger charge is 2.22. The summed E-state index contributed by atoms with van der Waals surface area (Å²) >= 11 is 0. The van der Waals surface area contributed by atoms with Crippen LogP contribution in [0.3, 0.4) is 0 Å². The molecule has 0 saturated carbocycles. The number of nitrogens with one attached hydrogen (secondary N) is 2. The van der Waals surface area contributed by atoms with Crippen LogP contribution < -0.4 is 26.8 Å². The summed E-state index contributed by atoms with van der Waals surface area (Å²) in [6.07, 6.45) is 6.15. The largest absolute Gasteiger partial charge is 0.493 e. The van der Waals surface area contributed by atoms with Crippen LogP contribution in [0.4, 0.5) is 0 Å². The predicted octanol–water partition coefficient (Wildman–Crippen LogP) is -0.218. The number of nitrogens with zero attached hydrogens (tertiary/aromatic N) is 1. The number of fused-ring (bicyclic) bond motifs is 1. The molecule has 0 bridgehead atoms. The van der Waals surface area contributed by atoms with Gasteiger partial charge in [-0.2, -0.15) is 0 Å². The number of carbonyl (C=O) groups excluding carboxylic acids is 1. The number of rotatable bonds is 6. The van der Waals surface area contributed by atoms with Crippen LogP contribution >= 0.6 is 0 Å². The van der Waals surface area contributed by atoms with Crippen molar-refractivity contribution in [3.63, 3.8) is 0 Å². The second-order valence-corrected chi connectivity index (χ2v) is 6.26. The molecule has 2 atom stereocenters. The molecule has 0 aliphatic carbocycles. The number of nitrogens with two attached hydrogens (primary N) is 2. The molecule has 2 heterocycles. The van der Waals surface area contributed by atoms with Crippen molar-refractivity contribution in [3.8, 4) is 5.75 Å². The first-order valence-electron chi connectivity index (χ1n) is 8.42. The topological polar surface area (TPSA) is 106 Å². The highest BCUT2D eigenvalue weighted by Crippen LogP contribution is 2.25. The van der Waals surface area contributed by atoms with E-state index in [4.69, 9.17) is 16.2 Å². The van der Waals surface area contributed by atoms with Gasteiger partial charge < -0.3 is 26.4 Å². The first kappa shape index (κ1) is 17.5. The number of likely N-dealkylation sites (N-methyl/N-ethyl adjacent to an activating group) is 1. The molecular weight excluding hydrogens is 318 g/mol. The molecule has 134 valence electrons. The molecule has 0 spiro atoms. The number of benzene rings is 1. The molecule has 6 N–H and O–H groups in total. The number of ether oxygens (including phenoxy) is 1. The Hall–Kier alpha value is -2.35. The van der Waals surface area contributed by atoms with Crippen LogP contribution in [0, 0.1) is 0 Å². The zero-order valence-electron chi connectivity index (χ0n) is 14.4. The van der Waals surface area contributed by atoms with E-state index in [1.165, 1.54) is 5.56 Å². The lowest BCUT2D eigenvalue weighted by Gasteiger charge is -2.32. The molecule has 3 rings (SSSR count). The van der Waals surface area contributed by atoms with E-state index in [1.807, 2.05) is 30.2 Å². The highest BCUT2D eigenvalue weighted by molar-refractivity contribution is 5.96. The lowest BCUT2D eigenvalue weighted by molar-refractivity contribution is -0.117. The summed E-state index contributed by atoms with van der Waals surface area (Å²) in [4.78, 5) is 14.3. The molecule has 0 saturated heterocycles. The first-order chi connectivity index (χ1) is 12.1. The molecule has 7 heteroatoms. The Balaban J connectivity index is 1.57. The summed E-state index contributed by atoms with van der Waals surface area (Å²) in [5, 5.41) is 5.94. The van der Waals surface area contributed by atoms with Crippen molar-refractivity contribution in [2.24, 2.45) is 11.5 Å². The van der Waals surface area contributed by atoms with Gasteiger partial charge in [0.05, 0.1) is 24.4 Å². The molecule has 7 nitrogen and oxygen atoms in total. The van der Waals surface area contributed by atoms with Crippen LogP contribution in [-0.2, 0) is 17.8 Å². The molecule has 25 heavy (non-hydrogen) atoms. The van der Waals surface area contributed by atoms with Gasteiger partial charge in [-0.05, 0) is 23.3 Å². The fraction of sp³-hybridized carbons (Fsp3) is 0.389. The Morgan fingerprint density at radius 3 is 3.08 bits per heavy atom. The van der Waals surface area contributed by atoms with Gasteiger partial charge in [-0.1, -0.05) is 18.2 Å². The van der Waals surface area contributed by atoms with Gasteiger partial charge in [0.15, 0.2) is 0 Å². The van der Waals surface area contributed by atoms with Gasteiger partial charge in [-0.15, -0.1) is 0 Å². The highest BCUT2D eigenvalue weighted by atomic mass is 16.5. The second kappa shape index (κ2) is 7.69. The van der Waals surface area contributed by atoms with Crippen molar-refractivity contribution in [1.29, 1.82) is 0 Å². The van der Waals surface area contributed by atoms with Crippen molar-refractivity contribution in [1.82, 2.24) is 15.5 Å². The van der Waals surface area contributed by atoms with Crippen LogP contribution in [0.25, 0.3) is 0 Å². The summed E-state index contributed by atoms with van der Waals surface area (Å²) < 4.78 is 5.50. The Labute approximate surface area is 147 Å². The maximum absolute atomic E-state index is 12.4. The van der Waals surface area contributed by atoms with Crippen LogP contribution in [-0.4, -0.2) is 43.3 Å². The van der Waals surface area contributed by atoms with Crippen LogP contribution in [0.2, 0.25) is 0 Å². The third-order valence-corrected chi connectivity index (χ3v) is 4.48. The van der Waals surface area contributed by atoms with E-state index in [0.29, 0.717) is 18.8 Å². The van der Waals surface area contributed by atoms with Gasteiger partial charge in [0.1, 0.15) is 5.75 Å². The lowest BCUT2D eigenvalue weighted by Crippen LogP contribution is -2.54. The van der Waals surface area contributed by atoms with Gasteiger partial charge in [-0.3, -0.25) is 10.1 Å². The average Bonchev–Trinajstić information content (AvgIpc) is 3.07. The summed E-state index contributed by atoms with van der Waals surface area (Å²) in [5.74, 6) is 0.835. The normalized spacial score (nSPS) is 19.9. The van der Waals surface area contributed by atoms with Crippen molar-refractivity contribution >= 4 is 5.91 Å². The third-order valence-electron chi connectivity index (χ3n) is 4.48. The Kier molecular flexibility index (Phi) is 5.37. The Morgan fingerprint density at radius 1 is 1.48 bits per heavy atom. The Bertz CT molecular complexity index is 701. The standard InChI is InChI=1S/C18H25N5O2/c1-23-10-14(3-4-15(23)17(20)22-11-19)18(24)21-9-12-2-5-16-13(8-12)6-7-25-16/h2-5,8,10,15,17,22H,6-7,9,11,19-20H2,1H3,(H,21,24). The lowest BCUT2D eigenvalue weighted by atomic mass is 10.1. The number of hydrogen-bond acceptors (Lipinski definition) is 6. The van der Waals surface area contributed by atoms with E-state index in [2.05, 4.69) is 16.7 Å². The number of hydrogen-bond donors (Lipinski definition) is 4. The van der Waals surface area contributed by atoms with Gasteiger partial charge in [0.2, 0.25) is 0 Å². The smallest absolute Gasteiger partial charge is 0.253 e. The van der Waals surface area contributed by atoms with Gasteiger partial charge in [0.25, 0.3) is 5.91 Å². The molecular formula is C18H25N5O2. The van der Waals surface area contributed by atoms with E-state index in [1.54, 1.807) is 12.3 Å². The predicted molar refractivity (Wildman–Crippen MR) is 96.4 cm³/mol. The molecule has 1 amide bonds. The second-order valence-electron chi connectivity index (χ2n) is 6.26. The summed E-state index contributed by atoms with van der Waals surface area (Å²) in [6.45, 7) is 1.53. The van der Waals surface area contributed by atoms with E-state index in [0.717, 1.165) is 24.3 Å². The molecule has 2 aliphatic rings. The summed E-state index contributed by atoms with van der Waals surface area (Å²) in [7, 11) is 1.89. The fourth-order valence-corrected chi connectivity index (χ4v) is 3.08. The van der Waals surface area contributed by atoms with Crippen molar-refractivity contribution < 1.29 is 9.53 Å². The van der Waals surface area contributed by atoms with E-state index in [9.17, 15) is 4.79 Å². The molecule has 2 unspecified atom stereocenters. The molecule has 1 aromatic carbocycles. The molecule has 0 radical (unpaired) electrons. The van der Waals surface area contributed by atoms with Gasteiger partial charge >= 0.3 is 0 Å². The monoisotopic (exact) mass is 343 g/mol. The minimum Gasteiger partial charge on any atom is -0.493 e. The quantitative estimate of drug-likeness (QED) is 0.532. The number of amides is 1. The zero-order valence-corrected chi connectivity index (χ0v) is 14.4. The van der Waals surface area contributed by atoms with Crippen LogP contribution in [0.5, 0.6) is 5.75 Å². The minimum absolute atomic E-state index is 0.0446. The maximum atomic E-state index is 12.4. The first-order valence-corrected chi connectivity index (χ1v) is 8.42. The minimum atomic E-state index is -0.291. The van der Waals surface area contributed by atoms with Crippen LogP contribution in [0.15, 0.2) is 42.1 Å². The van der Waals surface area contributed by atoms with Gasteiger partial charge in [0, 0.05) is 32.9 Å². The van der Waals surface area contributed by atoms with Crippen molar-refractivity contribution in [2.45, 2.75) is 25.2 Å². The zero-order chi connectivity index (χ0) is 17.8. The fourth-order valence-electron chi connectivity index (χ4n) is 3.08. The average molecular weight is 343 g/mol. The molecule has 0 fully saturated rings.